The molecule has 1 N–H and O–H groups in total. The van der Waals surface area contributed by atoms with Crippen LogP contribution in [0.4, 0.5) is 10.1 Å². The number of amides is 1. The Morgan fingerprint density at radius 2 is 1.89 bits per heavy atom. The summed E-state index contributed by atoms with van der Waals surface area (Å²) in [5.41, 5.74) is 1.77. The second-order valence-corrected chi connectivity index (χ2v) is 4.13. The van der Waals surface area contributed by atoms with Gasteiger partial charge < -0.3 is 5.32 Å². The number of carbonyl (C=O) groups excluding carboxylic acids is 1. The lowest BCUT2D eigenvalue weighted by atomic mass is 10.1. The monoisotopic (exact) mass is 254 g/mol. The van der Waals surface area contributed by atoms with E-state index in [4.69, 9.17) is 5.26 Å². The van der Waals surface area contributed by atoms with E-state index in [-0.39, 0.29) is 5.56 Å². The summed E-state index contributed by atoms with van der Waals surface area (Å²) >= 11 is 0. The third kappa shape index (κ3) is 2.96. The summed E-state index contributed by atoms with van der Waals surface area (Å²) in [5, 5.41) is 11.2. The van der Waals surface area contributed by atoms with Crippen LogP contribution in [0.3, 0.4) is 0 Å². The van der Waals surface area contributed by atoms with Gasteiger partial charge in [-0.1, -0.05) is 6.07 Å². The van der Waals surface area contributed by atoms with Gasteiger partial charge in [0.2, 0.25) is 0 Å². The van der Waals surface area contributed by atoms with Crippen molar-refractivity contribution in [3.05, 3.63) is 65.0 Å². The summed E-state index contributed by atoms with van der Waals surface area (Å²) in [6, 6.07) is 12.8. The number of hydrogen-bond acceptors (Lipinski definition) is 2. The lowest BCUT2D eigenvalue weighted by molar-refractivity contribution is 0.102. The molecule has 19 heavy (non-hydrogen) atoms. The van der Waals surface area contributed by atoms with Crippen LogP contribution < -0.4 is 5.32 Å². The second-order valence-electron chi connectivity index (χ2n) is 4.13. The molecule has 3 nitrogen and oxygen atoms in total. The summed E-state index contributed by atoms with van der Waals surface area (Å²) in [7, 11) is 0. The number of hydrogen-bond donors (Lipinski definition) is 1. The lowest BCUT2D eigenvalue weighted by Gasteiger charge is -2.06. The van der Waals surface area contributed by atoms with Crippen LogP contribution in [0, 0.1) is 24.1 Å². The maximum Gasteiger partial charge on any atom is 0.258 e. The minimum atomic E-state index is -0.550. The molecule has 2 rings (SSSR count). The van der Waals surface area contributed by atoms with Crippen molar-refractivity contribution < 1.29 is 9.18 Å². The van der Waals surface area contributed by atoms with Gasteiger partial charge in [0.15, 0.2) is 0 Å². The topological polar surface area (TPSA) is 52.9 Å². The van der Waals surface area contributed by atoms with E-state index in [1.807, 2.05) is 6.07 Å². The molecule has 0 bridgehead atoms. The molecule has 0 fully saturated rings. The minimum Gasteiger partial charge on any atom is -0.322 e. The van der Waals surface area contributed by atoms with Gasteiger partial charge in [-0.05, 0) is 48.9 Å². The van der Waals surface area contributed by atoms with Gasteiger partial charge in [-0.2, -0.15) is 5.26 Å². The normalized spacial score (nSPS) is 9.74. The predicted molar refractivity (Wildman–Crippen MR) is 70.2 cm³/mol. The van der Waals surface area contributed by atoms with Crippen LogP contribution in [-0.4, -0.2) is 5.91 Å². The quantitative estimate of drug-likeness (QED) is 0.894. The first-order chi connectivity index (χ1) is 9.10. The van der Waals surface area contributed by atoms with Gasteiger partial charge >= 0.3 is 0 Å². The fraction of sp³-hybridized carbons (Fsp3) is 0.0667. The van der Waals surface area contributed by atoms with Crippen LogP contribution in [0.1, 0.15) is 21.5 Å². The molecule has 0 aliphatic rings. The van der Waals surface area contributed by atoms with E-state index in [9.17, 15) is 9.18 Å². The van der Waals surface area contributed by atoms with Gasteiger partial charge in [-0.25, -0.2) is 4.39 Å². The first-order valence-corrected chi connectivity index (χ1v) is 5.68. The number of aryl methyl sites for hydroxylation is 1. The molecule has 0 atom stereocenters. The number of nitriles is 1. The molecule has 0 saturated heterocycles. The molecule has 0 spiro atoms. The largest absolute Gasteiger partial charge is 0.322 e. The molecular weight excluding hydrogens is 243 g/mol. The molecule has 0 heterocycles. The molecule has 2 aromatic carbocycles. The van der Waals surface area contributed by atoms with Gasteiger partial charge in [0, 0.05) is 5.69 Å². The first-order valence-electron chi connectivity index (χ1n) is 5.68. The molecule has 0 unspecified atom stereocenters. The Kier molecular flexibility index (Phi) is 3.58. The number of nitrogens with one attached hydrogen (secondary N) is 1. The van der Waals surface area contributed by atoms with Crippen molar-refractivity contribution in [3.63, 3.8) is 0 Å². The Balaban J connectivity index is 2.18. The van der Waals surface area contributed by atoms with Crippen molar-refractivity contribution in [2.45, 2.75) is 6.92 Å². The van der Waals surface area contributed by atoms with Crippen LogP contribution >= 0.6 is 0 Å². The van der Waals surface area contributed by atoms with E-state index in [2.05, 4.69) is 5.32 Å². The zero-order valence-electron chi connectivity index (χ0n) is 10.3. The summed E-state index contributed by atoms with van der Waals surface area (Å²) in [4.78, 5) is 11.9. The summed E-state index contributed by atoms with van der Waals surface area (Å²) in [6.45, 7) is 1.76. The second kappa shape index (κ2) is 5.32. The van der Waals surface area contributed by atoms with Gasteiger partial charge in [0.05, 0.1) is 17.2 Å². The summed E-state index contributed by atoms with van der Waals surface area (Å²) in [5.74, 6) is -1.06. The zero-order valence-corrected chi connectivity index (χ0v) is 10.3. The molecular formula is C15H11FN2O. The van der Waals surface area contributed by atoms with E-state index in [0.717, 1.165) is 5.56 Å². The smallest absolute Gasteiger partial charge is 0.258 e. The minimum absolute atomic E-state index is 0.00467. The van der Waals surface area contributed by atoms with Gasteiger partial charge in [-0.3, -0.25) is 4.79 Å². The Hall–Kier alpha value is -2.67. The number of anilines is 1. The summed E-state index contributed by atoms with van der Waals surface area (Å²) < 4.78 is 13.6. The standard InChI is InChI=1S/C15H11FN2O/c1-10-2-7-13(14(16)8-10)15(19)18-12-5-3-11(9-17)4-6-12/h2-8H,1H3,(H,18,19). The third-order valence-electron chi connectivity index (χ3n) is 2.64. The van der Waals surface area contributed by atoms with Crippen LogP contribution in [0.25, 0.3) is 0 Å². The van der Waals surface area contributed by atoms with Crippen LogP contribution in [0.15, 0.2) is 42.5 Å². The Labute approximate surface area is 110 Å². The van der Waals surface area contributed by atoms with E-state index in [1.54, 1.807) is 37.3 Å². The average Bonchev–Trinajstić information content (AvgIpc) is 2.39. The highest BCUT2D eigenvalue weighted by atomic mass is 19.1. The van der Waals surface area contributed by atoms with Crippen molar-refractivity contribution in [1.29, 1.82) is 5.26 Å². The number of carbonyl (C=O) groups is 1. The van der Waals surface area contributed by atoms with E-state index in [1.165, 1.54) is 12.1 Å². The molecule has 94 valence electrons. The van der Waals surface area contributed by atoms with E-state index >= 15 is 0 Å². The number of halogens is 1. The maximum atomic E-state index is 13.6. The molecule has 2 aromatic rings. The van der Waals surface area contributed by atoms with Crippen molar-refractivity contribution in [2.75, 3.05) is 5.32 Å². The van der Waals surface area contributed by atoms with Gasteiger partial charge in [0.1, 0.15) is 5.82 Å². The van der Waals surface area contributed by atoms with E-state index in [0.29, 0.717) is 11.3 Å². The highest BCUT2D eigenvalue weighted by Gasteiger charge is 2.11. The molecule has 0 aliphatic carbocycles. The maximum absolute atomic E-state index is 13.6. The number of nitrogens with zero attached hydrogens (tertiary/aromatic N) is 1. The molecule has 0 aliphatic heterocycles. The predicted octanol–water partition coefficient (Wildman–Crippen LogP) is 3.26. The highest BCUT2D eigenvalue weighted by molar-refractivity contribution is 6.04. The Morgan fingerprint density at radius 3 is 2.47 bits per heavy atom. The van der Waals surface area contributed by atoms with E-state index < -0.39 is 11.7 Å². The first kappa shape index (κ1) is 12.8. The van der Waals surface area contributed by atoms with Crippen LogP contribution in [-0.2, 0) is 0 Å². The molecule has 0 aromatic heterocycles. The van der Waals surface area contributed by atoms with Gasteiger partial charge in [-0.15, -0.1) is 0 Å². The Bertz CT molecular complexity index is 657. The zero-order chi connectivity index (χ0) is 13.8. The molecule has 1 amide bonds. The lowest BCUT2D eigenvalue weighted by Crippen LogP contribution is -2.13. The van der Waals surface area contributed by atoms with Gasteiger partial charge in [0.25, 0.3) is 5.91 Å². The SMILES string of the molecule is Cc1ccc(C(=O)Nc2ccc(C#N)cc2)c(F)c1. The van der Waals surface area contributed by atoms with Crippen molar-refractivity contribution in [2.24, 2.45) is 0 Å². The molecule has 0 saturated carbocycles. The Morgan fingerprint density at radius 1 is 1.21 bits per heavy atom. The van der Waals surface area contributed by atoms with Crippen molar-refractivity contribution in [3.8, 4) is 6.07 Å². The molecule has 4 heteroatoms. The third-order valence-corrected chi connectivity index (χ3v) is 2.64. The highest BCUT2D eigenvalue weighted by Crippen LogP contribution is 2.14. The number of rotatable bonds is 2. The summed E-state index contributed by atoms with van der Waals surface area (Å²) in [6.07, 6.45) is 0. The van der Waals surface area contributed by atoms with Crippen LogP contribution in [0.5, 0.6) is 0 Å². The fourth-order valence-corrected chi connectivity index (χ4v) is 1.63. The average molecular weight is 254 g/mol. The van der Waals surface area contributed by atoms with Crippen molar-refractivity contribution in [1.82, 2.24) is 0 Å². The number of benzene rings is 2. The van der Waals surface area contributed by atoms with Crippen molar-refractivity contribution >= 4 is 11.6 Å². The molecule has 0 radical (unpaired) electrons. The fourth-order valence-electron chi connectivity index (χ4n) is 1.63. The van der Waals surface area contributed by atoms with Crippen LogP contribution in [0.2, 0.25) is 0 Å².